The van der Waals surface area contributed by atoms with Gasteiger partial charge in [0.2, 0.25) is 0 Å². The molecule has 1 atom stereocenters. The van der Waals surface area contributed by atoms with E-state index in [-0.39, 0.29) is 4.94 Å². The third-order valence-electron chi connectivity index (χ3n) is 2.18. The van der Waals surface area contributed by atoms with Gasteiger partial charge in [-0.15, -0.1) is 0 Å². The molecule has 0 aliphatic rings. The van der Waals surface area contributed by atoms with Gasteiger partial charge in [-0.05, 0) is 30.7 Å². The van der Waals surface area contributed by atoms with E-state index in [0.717, 1.165) is 21.6 Å². The Morgan fingerprint density at radius 3 is 3.07 bits per heavy atom. The summed E-state index contributed by atoms with van der Waals surface area (Å²) < 4.78 is 5.68. The maximum atomic E-state index is 11.0. The predicted molar refractivity (Wildman–Crippen MR) is 59.0 cm³/mol. The summed E-state index contributed by atoms with van der Waals surface area (Å²) in [5.41, 5.74) is 6.69. The van der Waals surface area contributed by atoms with Crippen molar-refractivity contribution >= 4 is 21.6 Å². The van der Waals surface area contributed by atoms with Crippen LogP contribution in [0.15, 0.2) is 27.4 Å². The van der Waals surface area contributed by atoms with Crippen molar-refractivity contribution in [2.75, 3.05) is 6.54 Å². The summed E-state index contributed by atoms with van der Waals surface area (Å²) in [5, 5.41) is 9.70. The van der Waals surface area contributed by atoms with Gasteiger partial charge in [-0.3, -0.25) is 0 Å². The predicted octanol–water partition coefficient (Wildman–Crippen LogP) is 1.24. The normalized spacial score (nSPS) is 13.2. The molecule has 1 unspecified atom stereocenters. The fourth-order valence-corrected chi connectivity index (χ4v) is 2.14. The van der Waals surface area contributed by atoms with Gasteiger partial charge in [-0.1, -0.05) is 17.4 Å². The minimum atomic E-state index is -0.573. The minimum Gasteiger partial charge on any atom is -0.414 e. The average Bonchev–Trinajstić information content (AvgIpc) is 2.57. The summed E-state index contributed by atoms with van der Waals surface area (Å²) in [5.74, 6) is 0. The first-order chi connectivity index (χ1) is 7.20. The molecule has 3 N–H and O–H groups in total. The summed E-state index contributed by atoms with van der Waals surface area (Å²) in [6.45, 7) is 0.431. The molecule has 0 spiro atoms. The van der Waals surface area contributed by atoms with Gasteiger partial charge in [0.1, 0.15) is 5.58 Å². The van der Waals surface area contributed by atoms with Gasteiger partial charge in [0, 0.05) is 0 Å². The Labute approximate surface area is 89.9 Å². The monoisotopic (exact) mass is 225 g/mol. The second kappa shape index (κ2) is 4.14. The number of aliphatic hydroxyl groups excluding tert-OH is 1. The zero-order valence-electron chi connectivity index (χ0n) is 7.97. The van der Waals surface area contributed by atoms with Gasteiger partial charge in [0.25, 0.3) is 0 Å². The van der Waals surface area contributed by atoms with Crippen LogP contribution >= 0.6 is 11.3 Å². The highest BCUT2D eigenvalue weighted by molar-refractivity contribution is 7.16. The van der Waals surface area contributed by atoms with Crippen molar-refractivity contribution in [1.82, 2.24) is 0 Å². The van der Waals surface area contributed by atoms with Crippen LogP contribution in [0.5, 0.6) is 0 Å². The first-order valence-electron chi connectivity index (χ1n) is 4.62. The highest BCUT2D eigenvalue weighted by Crippen LogP contribution is 2.23. The maximum absolute atomic E-state index is 11.0. The molecule has 0 saturated heterocycles. The van der Waals surface area contributed by atoms with Crippen LogP contribution in [0.3, 0.4) is 0 Å². The van der Waals surface area contributed by atoms with Gasteiger partial charge in [-0.25, -0.2) is 4.79 Å². The largest absolute Gasteiger partial charge is 0.414 e. The highest BCUT2D eigenvalue weighted by Gasteiger charge is 2.09. The van der Waals surface area contributed by atoms with Crippen LogP contribution in [0.25, 0.3) is 10.3 Å². The summed E-state index contributed by atoms with van der Waals surface area (Å²) in [6.07, 6.45) is -0.0604. The number of fused-ring (bicyclic) bond motifs is 1. The Morgan fingerprint density at radius 1 is 1.53 bits per heavy atom. The van der Waals surface area contributed by atoms with E-state index < -0.39 is 6.10 Å². The smallest absolute Gasteiger partial charge is 0.396 e. The molecule has 1 heterocycles. The molecule has 2 aromatic rings. The van der Waals surface area contributed by atoms with Crippen molar-refractivity contribution in [3.05, 3.63) is 33.5 Å². The Kier molecular flexibility index (Phi) is 2.86. The standard InChI is InChI=1S/C10H11NO3S/c11-4-3-7(12)6-1-2-8-9(5-6)15-10(13)14-8/h1-2,5,7,12H,3-4,11H2. The lowest BCUT2D eigenvalue weighted by molar-refractivity contribution is 0.170. The fourth-order valence-electron chi connectivity index (χ4n) is 1.42. The van der Waals surface area contributed by atoms with Crippen molar-refractivity contribution in [1.29, 1.82) is 0 Å². The third-order valence-corrected chi connectivity index (χ3v) is 2.97. The van der Waals surface area contributed by atoms with Gasteiger partial charge in [0.05, 0.1) is 10.8 Å². The molecular weight excluding hydrogens is 214 g/mol. The highest BCUT2D eigenvalue weighted by atomic mass is 32.1. The van der Waals surface area contributed by atoms with Crippen LogP contribution in [-0.4, -0.2) is 11.7 Å². The van der Waals surface area contributed by atoms with E-state index in [9.17, 15) is 9.90 Å². The van der Waals surface area contributed by atoms with E-state index in [4.69, 9.17) is 10.2 Å². The lowest BCUT2D eigenvalue weighted by Crippen LogP contribution is -2.06. The quantitative estimate of drug-likeness (QED) is 0.823. The van der Waals surface area contributed by atoms with E-state index >= 15 is 0 Å². The van der Waals surface area contributed by atoms with E-state index in [0.29, 0.717) is 18.5 Å². The number of benzene rings is 1. The third kappa shape index (κ3) is 2.09. The topological polar surface area (TPSA) is 76.5 Å². The average molecular weight is 225 g/mol. The summed E-state index contributed by atoms with van der Waals surface area (Å²) >= 11 is 1.04. The second-order valence-corrected chi connectivity index (χ2v) is 4.23. The second-order valence-electron chi connectivity index (χ2n) is 3.25. The molecule has 0 radical (unpaired) electrons. The number of aliphatic hydroxyl groups is 1. The van der Waals surface area contributed by atoms with Crippen LogP contribution in [0.4, 0.5) is 0 Å². The van der Waals surface area contributed by atoms with Gasteiger partial charge in [-0.2, -0.15) is 0 Å². The van der Waals surface area contributed by atoms with Crippen LogP contribution in [0, 0.1) is 0 Å². The molecule has 0 bridgehead atoms. The first-order valence-corrected chi connectivity index (χ1v) is 5.44. The van der Waals surface area contributed by atoms with E-state index in [2.05, 4.69) is 0 Å². The van der Waals surface area contributed by atoms with E-state index in [1.54, 1.807) is 18.2 Å². The molecule has 80 valence electrons. The molecule has 0 aliphatic carbocycles. The Hall–Kier alpha value is -1.17. The minimum absolute atomic E-state index is 0.324. The van der Waals surface area contributed by atoms with Crippen molar-refractivity contribution in [2.24, 2.45) is 5.73 Å². The van der Waals surface area contributed by atoms with Crippen LogP contribution in [0.1, 0.15) is 18.1 Å². The molecule has 4 nitrogen and oxygen atoms in total. The summed E-state index contributed by atoms with van der Waals surface area (Å²) in [4.78, 5) is 10.6. The molecule has 0 fully saturated rings. The van der Waals surface area contributed by atoms with Gasteiger partial charge in [0.15, 0.2) is 0 Å². The molecule has 0 aliphatic heterocycles. The van der Waals surface area contributed by atoms with Crippen molar-refractivity contribution < 1.29 is 9.52 Å². The number of nitrogens with two attached hydrogens (primary N) is 1. The zero-order chi connectivity index (χ0) is 10.8. The molecule has 5 heteroatoms. The molecule has 0 saturated carbocycles. The molecule has 1 aromatic heterocycles. The lowest BCUT2D eigenvalue weighted by Gasteiger charge is -2.08. The zero-order valence-corrected chi connectivity index (χ0v) is 8.79. The molecule has 0 amide bonds. The number of hydrogen-bond acceptors (Lipinski definition) is 5. The molecule has 15 heavy (non-hydrogen) atoms. The fraction of sp³-hybridized carbons (Fsp3) is 0.300. The van der Waals surface area contributed by atoms with Crippen molar-refractivity contribution in [3.8, 4) is 0 Å². The van der Waals surface area contributed by atoms with Crippen molar-refractivity contribution in [2.45, 2.75) is 12.5 Å². The van der Waals surface area contributed by atoms with Crippen LogP contribution in [-0.2, 0) is 0 Å². The molecular formula is C10H11NO3S. The van der Waals surface area contributed by atoms with Gasteiger partial charge < -0.3 is 15.3 Å². The summed E-state index contributed by atoms with van der Waals surface area (Å²) in [6, 6.07) is 5.21. The van der Waals surface area contributed by atoms with E-state index in [1.807, 2.05) is 0 Å². The lowest BCUT2D eigenvalue weighted by atomic mass is 10.1. The summed E-state index contributed by atoms with van der Waals surface area (Å²) in [7, 11) is 0. The van der Waals surface area contributed by atoms with Crippen molar-refractivity contribution in [3.63, 3.8) is 0 Å². The Balaban J connectivity index is 2.41. The van der Waals surface area contributed by atoms with Crippen LogP contribution in [0.2, 0.25) is 0 Å². The Morgan fingerprint density at radius 2 is 2.33 bits per heavy atom. The SMILES string of the molecule is NCCC(O)c1ccc2oc(=O)sc2c1. The first kappa shape index (κ1) is 10.4. The van der Waals surface area contributed by atoms with E-state index in [1.165, 1.54) is 0 Å². The number of rotatable bonds is 3. The molecule has 1 aromatic carbocycles. The van der Waals surface area contributed by atoms with Gasteiger partial charge >= 0.3 is 4.94 Å². The molecule has 2 rings (SSSR count). The maximum Gasteiger partial charge on any atom is 0.396 e. The Bertz CT molecular complexity index is 517. The van der Waals surface area contributed by atoms with Crippen LogP contribution < -0.4 is 10.7 Å². The number of hydrogen-bond donors (Lipinski definition) is 2.